The van der Waals surface area contributed by atoms with Crippen molar-refractivity contribution < 1.29 is 9.59 Å². The quantitative estimate of drug-likeness (QED) is 0.600. The molecule has 1 aromatic carbocycles. The van der Waals surface area contributed by atoms with Crippen molar-refractivity contribution in [2.75, 3.05) is 13.1 Å². The first-order valence-corrected chi connectivity index (χ1v) is 12.0. The molecule has 1 aliphatic heterocycles. The molecule has 1 aliphatic carbocycles. The Morgan fingerprint density at radius 1 is 1.03 bits per heavy atom. The summed E-state index contributed by atoms with van der Waals surface area (Å²) in [6.07, 6.45) is 7.35. The Labute approximate surface area is 193 Å². The number of nitrogens with zero attached hydrogens (tertiary/aromatic N) is 3. The van der Waals surface area contributed by atoms with Gasteiger partial charge in [0.15, 0.2) is 10.6 Å². The number of rotatable bonds is 5. The number of nitrogens with one attached hydrogen (secondary N) is 3. The fraction of sp³-hybridized carbons (Fsp3) is 0.565. The third kappa shape index (κ3) is 5.56. The number of urea groups is 1. The lowest BCUT2D eigenvalue weighted by Gasteiger charge is -2.34. The molecule has 3 amide bonds. The van der Waals surface area contributed by atoms with Gasteiger partial charge in [0.2, 0.25) is 5.91 Å². The molecule has 2 aromatic rings. The maximum Gasteiger partial charge on any atom is 0.317 e. The molecule has 0 radical (unpaired) electrons. The van der Waals surface area contributed by atoms with E-state index < -0.39 is 0 Å². The SMILES string of the molecule is Cc1ccc(-c2n[nH]c(=S)n2CC(=O)NC2CCN(C(=O)NC3CCCCC3)CC2)cc1. The van der Waals surface area contributed by atoms with Gasteiger partial charge in [-0.2, -0.15) is 5.10 Å². The number of hydrogen-bond donors (Lipinski definition) is 3. The zero-order chi connectivity index (χ0) is 22.5. The predicted octanol–water partition coefficient (Wildman–Crippen LogP) is 3.54. The van der Waals surface area contributed by atoms with Gasteiger partial charge in [0, 0.05) is 30.7 Å². The first-order valence-electron chi connectivity index (χ1n) is 11.6. The molecule has 0 atom stereocenters. The smallest absolute Gasteiger partial charge is 0.317 e. The predicted molar refractivity (Wildman–Crippen MR) is 126 cm³/mol. The number of piperidine rings is 1. The van der Waals surface area contributed by atoms with E-state index in [0.29, 0.717) is 29.7 Å². The van der Waals surface area contributed by atoms with Gasteiger partial charge >= 0.3 is 6.03 Å². The van der Waals surface area contributed by atoms with Crippen molar-refractivity contribution in [2.24, 2.45) is 0 Å². The molecular weight excluding hydrogens is 424 g/mol. The standard InChI is InChI=1S/C23H32N6O2S/c1-16-7-9-17(10-8-16)21-26-27-23(32)29(21)15-20(30)24-19-11-13-28(14-12-19)22(31)25-18-5-3-2-4-6-18/h7-10,18-19H,2-6,11-15H2,1H3,(H,24,30)(H,25,31)(H,27,32). The molecule has 0 spiro atoms. The van der Waals surface area contributed by atoms with E-state index in [9.17, 15) is 9.59 Å². The van der Waals surface area contributed by atoms with Crippen molar-refractivity contribution >= 4 is 24.2 Å². The van der Waals surface area contributed by atoms with E-state index in [2.05, 4.69) is 20.8 Å². The Kier molecular flexibility index (Phi) is 7.24. The number of aromatic nitrogens is 3. The number of likely N-dealkylation sites (tertiary alicyclic amines) is 1. The third-order valence-corrected chi connectivity index (χ3v) is 6.76. The summed E-state index contributed by atoms with van der Waals surface area (Å²) >= 11 is 5.35. The molecule has 1 aromatic heterocycles. The Morgan fingerprint density at radius 3 is 2.38 bits per heavy atom. The van der Waals surface area contributed by atoms with Crippen molar-refractivity contribution in [3.8, 4) is 11.4 Å². The molecule has 3 N–H and O–H groups in total. The Morgan fingerprint density at radius 2 is 1.69 bits per heavy atom. The number of carbonyl (C=O) groups is 2. The highest BCUT2D eigenvalue weighted by Crippen LogP contribution is 2.19. The van der Waals surface area contributed by atoms with Crippen LogP contribution in [-0.4, -0.2) is 56.8 Å². The minimum atomic E-state index is -0.0963. The van der Waals surface area contributed by atoms with Crippen LogP contribution in [0, 0.1) is 11.7 Å². The van der Waals surface area contributed by atoms with Crippen LogP contribution in [-0.2, 0) is 11.3 Å². The van der Waals surface area contributed by atoms with E-state index in [1.54, 1.807) is 4.57 Å². The molecule has 32 heavy (non-hydrogen) atoms. The molecule has 1 saturated heterocycles. The summed E-state index contributed by atoms with van der Waals surface area (Å²) < 4.78 is 2.15. The molecule has 8 nitrogen and oxygen atoms in total. The summed E-state index contributed by atoms with van der Waals surface area (Å²) in [7, 11) is 0. The van der Waals surface area contributed by atoms with E-state index in [1.165, 1.54) is 19.3 Å². The van der Waals surface area contributed by atoms with Gasteiger partial charge in [0.1, 0.15) is 6.54 Å². The second-order valence-corrected chi connectivity index (χ2v) is 9.30. The van der Waals surface area contributed by atoms with Crippen molar-refractivity contribution in [3.05, 3.63) is 34.6 Å². The summed E-state index contributed by atoms with van der Waals surface area (Å²) in [5.74, 6) is 0.556. The Balaban J connectivity index is 1.28. The summed E-state index contributed by atoms with van der Waals surface area (Å²) in [5, 5.41) is 13.4. The normalized spacial score (nSPS) is 17.8. The van der Waals surface area contributed by atoms with Crippen LogP contribution in [0.1, 0.15) is 50.5 Å². The Bertz CT molecular complexity index is 985. The third-order valence-electron chi connectivity index (χ3n) is 6.45. The average molecular weight is 457 g/mol. The molecule has 2 aliphatic rings. The average Bonchev–Trinajstić information content (AvgIpc) is 3.15. The number of benzene rings is 1. The minimum absolute atomic E-state index is 0.0362. The van der Waals surface area contributed by atoms with E-state index in [0.717, 1.165) is 36.8 Å². The topological polar surface area (TPSA) is 95.1 Å². The lowest BCUT2D eigenvalue weighted by molar-refractivity contribution is -0.122. The van der Waals surface area contributed by atoms with Gasteiger partial charge in [-0.15, -0.1) is 0 Å². The highest BCUT2D eigenvalue weighted by molar-refractivity contribution is 7.71. The summed E-state index contributed by atoms with van der Waals surface area (Å²) in [4.78, 5) is 27.1. The van der Waals surface area contributed by atoms with Crippen LogP contribution in [0.15, 0.2) is 24.3 Å². The molecule has 2 heterocycles. The van der Waals surface area contributed by atoms with E-state index in [4.69, 9.17) is 12.2 Å². The maximum absolute atomic E-state index is 12.7. The number of H-pyrrole nitrogens is 1. The van der Waals surface area contributed by atoms with Gasteiger partial charge in [-0.05, 0) is 44.8 Å². The van der Waals surface area contributed by atoms with E-state index >= 15 is 0 Å². The second kappa shape index (κ2) is 10.3. The second-order valence-electron chi connectivity index (χ2n) is 8.92. The lowest BCUT2D eigenvalue weighted by Crippen LogP contribution is -2.51. The van der Waals surface area contributed by atoms with Crippen LogP contribution in [0.5, 0.6) is 0 Å². The van der Waals surface area contributed by atoms with Crippen LogP contribution in [0.2, 0.25) is 0 Å². The molecule has 9 heteroatoms. The molecule has 4 rings (SSSR count). The molecule has 172 valence electrons. The van der Waals surface area contributed by atoms with Gasteiger partial charge in [-0.3, -0.25) is 14.5 Å². The summed E-state index contributed by atoms with van der Waals surface area (Å²) in [6.45, 7) is 3.45. The Hall–Kier alpha value is -2.68. The minimum Gasteiger partial charge on any atom is -0.352 e. The highest BCUT2D eigenvalue weighted by atomic mass is 32.1. The highest BCUT2D eigenvalue weighted by Gasteiger charge is 2.26. The number of carbonyl (C=O) groups excluding carboxylic acids is 2. The first kappa shape index (κ1) is 22.5. The number of hydrogen-bond acceptors (Lipinski definition) is 4. The monoisotopic (exact) mass is 456 g/mol. The van der Waals surface area contributed by atoms with Gasteiger partial charge in [-0.1, -0.05) is 49.1 Å². The number of aromatic amines is 1. The van der Waals surface area contributed by atoms with Crippen LogP contribution >= 0.6 is 12.2 Å². The van der Waals surface area contributed by atoms with Crippen molar-refractivity contribution in [1.82, 2.24) is 30.3 Å². The van der Waals surface area contributed by atoms with E-state index in [1.807, 2.05) is 36.1 Å². The molecular formula is C23H32N6O2S. The molecule has 1 saturated carbocycles. The van der Waals surface area contributed by atoms with Gasteiger partial charge in [0.25, 0.3) is 0 Å². The molecule has 0 bridgehead atoms. The summed E-state index contributed by atoms with van der Waals surface area (Å²) in [6, 6.07) is 8.38. The van der Waals surface area contributed by atoms with Crippen LogP contribution in [0.4, 0.5) is 4.79 Å². The van der Waals surface area contributed by atoms with Crippen LogP contribution in [0.3, 0.4) is 0 Å². The zero-order valence-corrected chi connectivity index (χ0v) is 19.4. The van der Waals surface area contributed by atoms with E-state index in [-0.39, 0.29) is 24.5 Å². The number of amides is 3. The van der Waals surface area contributed by atoms with Crippen LogP contribution in [0.25, 0.3) is 11.4 Å². The van der Waals surface area contributed by atoms with Gasteiger partial charge < -0.3 is 15.5 Å². The number of aryl methyl sites for hydroxylation is 1. The first-order chi connectivity index (χ1) is 15.5. The largest absolute Gasteiger partial charge is 0.352 e. The van der Waals surface area contributed by atoms with Crippen molar-refractivity contribution in [3.63, 3.8) is 0 Å². The van der Waals surface area contributed by atoms with Crippen LogP contribution < -0.4 is 10.6 Å². The fourth-order valence-corrected chi connectivity index (χ4v) is 4.74. The van der Waals surface area contributed by atoms with Crippen molar-refractivity contribution in [2.45, 2.75) is 70.5 Å². The van der Waals surface area contributed by atoms with Gasteiger partial charge in [-0.25, -0.2) is 4.79 Å². The fourth-order valence-electron chi connectivity index (χ4n) is 4.54. The molecule has 0 unspecified atom stereocenters. The molecule has 2 fully saturated rings. The van der Waals surface area contributed by atoms with Gasteiger partial charge in [0.05, 0.1) is 0 Å². The van der Waals surface area contributed by atoms with Crippen molar-refractivity contribution in [1.29, 1.82) is 0 Å². The maximum atomic E-state index is 12.7. The summed E-state index contributed by atoms with van der Waals surface area (Å²) in [5.41, 5.74) is 2.07. The zero-order valence-electron chi connectivity index (χ0n) is 18.6. The lowest BCUT2D eigenvalue weighted by atomic mass is 9.95.